The number of carbonyl (C=O) groups excluding carboxylic acids is 1. The molecule has 0 aliphatic heterocycles. The molecule has 0 aliphatic rings. The minimum Gasteiger partial charge on any atom is -0.394 e. The van der Waals surface area contributed by atoms with Crippen molar-refractivity contribution in [2.45, 2.75) is 19.9 Å². The van der Waals surface area contributed by atoms with Gasteiger partial charge in [-0.15, -0.1) is 0 Å². The van der Waals surface area contributed by atoms with Crippen LogP contribution < -0.4 is 16.4 Å². The van der Waals surface area contributed by atoms with Gasteiger partial charge in [-0.3, -0.25) is 9.48 Å². The van der Waals surface area contributed by atoms with E-state index < -0.39 is 0 Å². The predicted molar refractivity (Wildman–Crippen MR) is 59.4 cm³/mol. The van der Waals surface area contributed by atoms with Gasteiger partial charge in [0, 0.05) is 19.8 Å². The third-order valence-corrected chi connectivity index (χ3v) is 1.95. The summed E-state index contributed by atoms with van der Waals surface area (Å²) in [7, 11) is 1.78. The van der Waals surface area contributed by atoms with E-state index in [1.165, 1.54) is 0 Å². The molecule has 1 rings (SSSR count). The zero-order valence-electron chi connectivity index (χ0n) is 9.24. The number of aryl methyl sites for hydroxylation is 1. The first-order valence-electron chi connectivity index (χ1n) is 4.88. The van der Waals surface area contributed by atoms with Crippen molar-refractivity contribution >= 4 is 17.4 Å². The molecule has 4 N–H and O–H groups in total. The zero-order valence-corrected chi connectivity index (χ0v) is 9.24. The Labute approximate surface area is 88.8 Å². The second kappa shape index (κ2) is 4.68. The molecule has 0 aliphatic carbocycles. The van der Waals surface area contributed by atoms with Crippen LogP contribution in [0.3, 0.4) is 0 Å². The van der Waals surface area contributed by atoms with Crippen LogP contribution in [0.15, 0.2) is 6.20 Å². The lowest BCUT2D eigenvalue weighted by molar-refractivity contribution is -0.121. The second-order valence-corrected chi connectivity index (χ2v) is 3.37. The van der Waals surface area contributed by atoms with Crippen LogP contribution in [0.1, 0.15) is 13.8 Å². The molecule has 0 bridgehead atoms. The number of hydrogen-bond acceptors (Lipinski definition) is 4. The van der Waals surface area contributed by atoms with Crippen LogP contribution >= 0.6 is 0 Å². The van der Waals surface area contributed by atoms with Gasteiger partial charge in [0.15, 0.2) is 5.82 Å². The monoisotopic (exact) mass is 211 g/mol. The van der Waals surface area contributed by atoms with Gasteiger partial charge in [0.25, 0.3) is 0 Å². The first kappa shape index (κ1) is 11.4. The average Bonchev–Trinajstić information content (AvgIpc) is 2.45. The van der Waals surface area contributed by atoms with Crippen LogP contribution in [-0.2, 0) is 11.8 Å². The summed E-state index contributed by atoms with van der Waals surface area (Å²) in [4.78, 5) is 11.4. The highest BCUT2D eigenvalue weighted by molar-refractivity contribution is 5.84. The van der Waals surface area contributed by atoms with Gasteiger partial charge >= 0.3 is 0 Å². The summed E-state index contributed by atoms with van der Waals surface area (Å²) in [6, 6.07) is -0.345. The molecule has 0 aromatic carbocycles. The van der Waals surface area contributed by atoms with Crippen molar-refractivity contribution in [1.82, 2.24) is 15.1 Å². The highest BCUT2D eigenvalue weighted by Crippen LogP contribution is 2.15. The summed E-state index contributed by atoms with van der Waals surface area (Å²) >= 11 is 0. The molecule has 1 heterocycles. The van der Waals surface area contributed by atoms with Crippen LogP contribution in [0.2, 0.25) is 0 Å². The summed E-state index contributed by atoms with van der Waals surface area (Å²) in [6.45, 7) is 4.25. The van der Waals surface area contributed by atoms with E-state index in [9.17, 15) is 4.79 Å². The maximum Gasteiger partial charge on any atom is 0.242 e. The Morgan fingerprint density at radius 3 is 2.87 bits per heavy atom. The van der Waals surface area contributed by atoms with E-state index >= 15 is 0 Å². The molecule has 1 aromatic rings. The van der Waals surface area contributed by atoms with E-state index in [-0.39, 0.29) is 11.9 Å². The molecule has 1 atom stereocenters. The first-order chi connectivity index (χ1) is 7.04. The average molecular weight is 211 g/mol. The number of nitrogens with zero attached hydrogens (tertiary/aromatic N) is 2. The van der Waals surface area contributed by atoms with Gasteiger partial charge < -0.3 is 16.4 Å². The van der Waals surface area contributed by atoms with Crippen molar-refractivity contribution in [2.24, 2.45) is 7.05 Å². The normalized spacial score (nSPS) is 12.2. The maximum absolute atomic E-state index is 11.4. The molecule has 0 saturated heterocycles. The highest BCUT2D eigenvalue weighted by Gasteiger charge is 2.14. The molecule has 1 amide bonds. The Balaban J connectivity index is 2.61. The van der Waals surface area contributed by atoms with Crippen LogP contribution in [-0.4, -0.2) is 28.3 Å². The largest absolute Gasteiger partial charge is 0.394 e. The lowest BCUT2D eigenvalue weighted by atomic mass is 10.3. The van der Waals surface area contributed by atoms with Gasteiger partial charge in [-0.2, -0.15) is 5.10 Å². The number of nitrogens with two attached hydrogens (primary N) is 1. The molecular formula is C9H17N5O. The van der Waals surface area contributed by atoms with Gasteiger partial charge in [-0.1, -0.05) is 0 Å². The molecule has 6 nitrogen and oxygen atoms in total. The van der Waals surface area contributed by atoms with Crippen LogP contribution in [0, 0.1) is 0 Å². The Kier molecular flexibility index (Phi) is 3.54. The summed E-state index contributed by atoms with van der Waals surface area (Å²) in [6.07, 6.45) is 1.69. The van der Waals surface area contributed by atoms with Crippen molar-refractivity contribution in [1.29, 1.82) is 0 Å². The van der Waals surface area contributed by atoms with E-state index in [0.29, 0.717) is 18.1 Å². The SMILES string of the molecule is CCNC(=O)C(C)Nc1nn(C)cc1N. The fraction of sp³-hybridized carbons (Fsp3) is 0.556. The number of aromatic nitrogens is 2. The van der Waals surface area contributed by atoms with E-state index in [1.54, 1.807) is 24.9 Å². The lowest BCUT2D eigenvalue weighted by Crippen LogP contribution is -2.37. The van der Waals surface area contributed by atoms with E-state index in [4.69, 9.17) is 5.73 Å². The molecule has 0 radical (unpaired) electrons. The van der Waals surface area contributed by atoms with Gasteiger partial charge in [-0.25, -0.2) is 0 Å². The smallest absolute Gasteiger partial charge is 0.242 e. The minimum atomic E-state index is -0.345. The van der Waals surface area contributed by atoms with Gasteiger partial charge in [0.2, 0.25) is 5.91 Å². The molecule has 84 valence electrons. The minimum absolute atomic E-state index is 0.0671. The Morgan fingerprint density at radius 1 is 1.73 bits per heavy atom. The predicted octanol–water partition coefficient (Wildman–Crippen LogP) is -0.0612. The van der Waals surface area contributed by atoms with E-state index in [1.807, 2.05) is 6.92 Å². The maximum atomic E-state index is 11.4. The number of anilines is 2. The second-order valence-electron chi connectivity index (χ2n) is 3.37. The number of carbonyl (C=O) groups is 1. The number of amides is 1. The standard InChI is InChI=1S/C9H17N5O/c1-4-11-9(15)6(2)12-8-7(10)5-14(3)13-8/h5-6H,4,10H2,1-3H3,(H,11,15)(H,12,13). The molecule has 15 heavy (non-hydrogen) atoms. The van der Waals surface area contributed by atoms with Crippen molar-refractivity contribution in [3.8, 4) is 0 Å². The van der Waals surface area contributed by atoms with E-state index in [0.717, 1.165) is 0 Å². The molecule has 0 saturated carbocycles. The lowest BCUT2D eigenvalue weighted by Gasteiger charge is -2.12. The van der Waals surface area contributed by atoms with Crippen LogP contribution in [0.4, 0.5) is 11.5 Å². The summed E-state index contributed by atoms with van der Waals surface area (Å²) in [5.41, 5.74) is 6.22. The van der Waals surface area contributed by atoms with Gasteiger partial charge in [-0.05, 0) is 13.8 Å². The number of likely N-dealkylation sites (N-methyl/N-ethyl adjacent to an activating group) is 1. The number of nitrogens with one attached hydrogen (secondary N) is 2. The Hall–Kier alpha value is -1.72. The third kappa shape index (κ3) is 2.87. The fourth-order valence-electron chi connectivity index (χ4n) is 1.22. The topological polar surface area (TPSA) is 85.0 Å². The number of nitrogen functional groups attached to an aromatic ring is 1. The van der Waals surface area contributed by atoms with Crippen molar-refractivity contribution in [3.05, 3.63) is 6.20 Å². The van der Waals surface area contributed by atoms with Gasteiger partial charge in [0.05, 0.1) is 5.69 Å². The summed E-state index contributed by atoms with van der Waals surface area (Å²) < 4.78 is 1.60. The molecule has 0 fully saturated rings. The molecule has 1 unspecified atom stereocenters. The quantitative estimate of drug-likeness (QED) is 0.651. The molecule has 1 aromatic heterocycles. The van der Waals surface area contributed by atoms with Crippen molar-refractivity contribution < 1.29 is 4.79 Å². The fourth-order valence-corrected chi connectivity index (χ4v) is 1.22. The van der Waals surface area contributed by atoms with Crippen molar-refractivity contribution in [2.75, 3.05) is 17.6 Å². The Bertz CT molecular complexity index is 346. The number of hydrogen-bond donors (Lipinski definition) is 3. The Morgan fingerprint density at radius 2 is 2.40 bits per heavy atom. The molecular weight excluding hydrogens is 194 g/mol. The van der Waals surface area contributed by atoms with Crippen LogP contribution in [0.25, 0.3) is 0 Å². The van der Waals surface area contributed by atoms with Crippen LogP contribution in [0.5, 0.6) is 0 Å². The number of rotatable bonds is 4. The van der Waals surface area contributed by atoms with Gasteiger partial charge in [0.1, 0.15) is 6.04 Å². The molecule has 0 spiro atoms. The first-order valence-corrected chi connectivity index (χ1v) is 4.88. The van der Waals surface area contributed by atoms with Crippen molar-refractivity contribution in [3.63, 3.8) is 0 Å². The summed E-state index contributed by atoms with van der Waals surface area (Å²) in [5, 5.41) is 9.75. The highest BCUT2D eigenvalue weighted by atomic mass is 16.2. The molecule has 6 heteroatoms. The summed E-state index contributed by atoms with van der Waals surface area (Å²) in [5.74, 6) is 0.471. The van der Waals surface area contributed by atoms with E-state index in [2.05, 4.69) is 15.7 Å². The zero-order chi connectivity index (χ0) is 11.4. The third-order valence-electron chi connectivity index (χ3n) is 1.95.